The van der Waals surface area contributed by atoms with Gasteiger partial charge in [-0.3, -0.25) is 0 Å². The first-order valence-corrected chi connectivity index (χ1v) is 7.12. The fraction of sp³-hybridized carbons (Fsp3) is 0.636. The molecule has 0 radical (unpaired) electrons. The molecule has 3 nitrogen and oxygen atoms in total. The molecular weight excluding hydrogens is 336 g/mol. The van der Waals surface area contributed by atoms with Gasteiger partial charge >= 0.3 is 0 Å². The predicted octanol–water partition coefficient (Wildman–Crippen LogP) is 3.29. The molecule has 2 unspecified atom stereocenters. The second kappa shape index (κ2) is 6.00. The van der Waals surface area contributed by atoms with E-state index >= 15 is 0 Å². The van der Waals surface area contributed by atoms with E-state index in [1.807, 2.05) is 6.20 Å². The summed E-state index contributed by atoms with van der Waals surface area (Å²) >= 11 is 8.55. The highest BCUT2D eigenvalue weighted by Gasteiger charge is 2.22. The Balaban J connectivity index is 1.89. The minimum atomic E-state index is 0.320. The lowest BCUT2D eigenvalue weighted by atomic mass is 9.89. The number of hydrogen-bond acceptors (Lipinski definition) is 3. The zero-order chi connectivity index (χ0) is 11.4. The van der Waals surface area contributed by atoms with Gasteiger partial charge in [0, 0.05) is 18.1 Å². The van der Waals surface area contributed by atoms with Crippen molar-refractivity contribution in [3.63, 3.8) is 0 Å². The van der Waals surface area contributed by atoms with Crippen LogP contribution in [0, 0.1) is 9.49 Å². The van der Waals surface area contributed by atoms with Crippen LogP contribution in [-0.4, -0.2) is 21.9 Å². The number of halogens is 2. The van der Waals surface area contributed by atoms with Gasteiger partial charge < -0.3 is 5.32 Å². The Morgan fingerprint density at radius 1 is 1.44 bits per heavy atom. The van der Waals surface area contributed by atoms with Gasteiger partial charge in [-0.2, -0.15) is 0 Å². The van der Waals surface area contributed by atoms with E-state index in [0.717, 1.165) is 22.4 Å². The monoisotopic (exact) mass is 351 g/mol. The van der Waals surface area contributed by atoms with Gasteiger partial charge in [0.25, 0.3) is 0 Å². The van der Waals surface area contributed by atoms with Gasteiger partial charge in [-0.25, -0.2) is 9.97 Å². The molecule has 1 fully saturated rings. The Hall–Kier alpha value is -0.100. The lowest BCUT2D eigenvalue weighted by Crippen LogP contribution is -2.27. The topological polar surface area (TPSA) is 37.8 Å². The second-order valence-electron chi connectivity index (χ2n) is 4.16. The van der Waals surface area contributed by atoms with Crippen LogP contribution in [0.1, 0.15) is 25.7 Å². The lowest BCUT2D eigenvalue weighted by molar-refractivity contribution is 0.380. The summed E-state index contributed by atoms with van der Waals surface area (Å²) in [7, 11) is 0. The van der Waals surface area contributed by atoms with Crippen molar-refractivity contribution in [3.05, 3.63) is 16.1 Å². The molecule has 1 aliphatic carbocycles. The van der Waals surface area contributed by atoms with E-state index in [2.05, 4.69) is 37.9 Å². The number of hydrogen-bond donors (Lipinski definition) is 1. The largest absolute Gasteiger partial charge is 0.369 e. The summed E-state index contributed by atoms with van der Waals surface area (Å²) < 4.78 is 1.06. The Morgan fingerprint density at radius 3 is 3.00 bits per heavy atom. The molecule has 1 saturated carbocycles. The van der Waals surface area contributed by atoms with Crippen molar-refractivity contribution in [2.24, 2.45) is 5.92 Å². The summed E-state index contributed by atoms with van der Waals surface area (Å²) in [5.41, 5.74) is 0. The molecule has 0 aliphatic heterocycles. The first-order chi connectivity index (χ1) is 7.77. The number of anilines is 1. The molecule has 88 valence electrons. The molecule has 0 saturated heterocycles. The van der Waals surface area contributed by atoms with E-state index in [1.54, 1.807) is 6.33 Å². The van der Waals surface area contributed by atoms with Gasteiger partial charge in [0.1, 0.15) is 12.1 Å². The number of nitrogens with one attached hydrogen (secondary N) is 1. The second-order valence-corrected chi connectivity index (χ2v) is 5.88. The zero-order valence-electron chi connectivity index (χ0n) is 9.00. The van der Waals surface area contributed by atoms with Crippen LogP contribution in [0.4, 0.5) is 5.82 Å². The Morgan fingerprint density at radius 2 is 2.25 bits per heavy atom. The molecule has 0 spiro atoms. The van der Waals surface area contributed by atoms with Gasteiger partial charge in [0.2, 0.25) is 0 Å². The van der Waals surface area contributed by atoms with E-state index in [9.17, 15) is 0 Å². The molecule has 16 heavy (non-hydrogen) atoms. The van der Waals surface area contributed by atoms with Gasteiger partial charge in [0.05, 0.1) is 3.57 Å². The summed E-state index contributed by atoms with van der Waals surface area (Å²) in [6.45, 7) is 0.918. The van der Waals surface area contributed by atoms with Crippen molar-refractivity contribution in [2.75, 3.05) is 11.9 Å². The molecule has 2 atom stereocenters. The molecule has 1 heterocycles. The third-order valence-corrected chi connectivity index (χ3v) is 4.38. The predicted molar refractivity (Wildman–Crippen MR) is 74.8 cm³/mol. The molecule has 0 aromatic carbocycles. The molecular formula is C11H15ClIN3. The first kappa shape index (κ1) is 12.4. The molecule has 1 aliphatic rings. The van der Waals surface area contributed by atoms with Crippen LogP contribution in [0.2, 0.25) is 0 Å². The van der Waals surface area contributed by atoms with Crippen LogP contribution in [-0.2, 0) is 0 Å². The highest BCUT2D eigenvalue weighted by molar-refractivity contribution is 14.1. The Kier molecular flexibility index (Phi) is 4.64. The van der Waals surface area contributed by atoms with E-state index in [1.165, 1.54) is 19.3 Å². The SMILES string of the molecule is ClC1CCCCC1CNc1ncncc1I. The van der Waals surface area contributed by atoms with Crippen LogP contribution >= 0.6 is 34.2 Å². The summed E-state index contributed by atoms with van der Waals surface area (Å²) in [4.78, 5) is 8.18. The molecule has 2 rings (SSSR count). The summed E-state index contributed by atoms with van der Waals surface area (Å²) in [6.07, 6.45) is 8.34. The van der Waals surface area contributed by atoms with Crippen LogP contribution in [0.25, 0.3) is 0 Å². The van der Waals surface area contributed by atoms with Crippen molar-refractivity contribution >= 4 is 40.0 Å². The van der Waals surface area contributed by atoms with Gasteiger partial charge in [-0.1, -0.05) is 12.8 Å². The van der Waals surface area contributed by atoms with Crippen LogP contribution in [0.15, 0.2) is 12.5 Å². The number of nitrogens with zero attached hydrogens (tertiary/aromatic N) is 2. The number of aromatic nitrogens is 2. The van der Waals surface area contributed by atoms with Crippen LogP contribution in [0.3, 0.4) is 0 Å². The average molecular weight is 352 g/mol. The minimum Gasteiger partial charge on any atom is -0.369 e. The van der Waals surface area contributed by atoms with Crippen molar-refractivity contribution in [3.8, 4) is 0 Å². The number of alkyl halides is 1. The van der Waals surface area contributed by atoms with Gasteiger partial charge in [-0.05, 0) is 41.4 Å². The lowest BCUT2D eigenvalue weighted by Gasteiger charge is -2.27. The van der Waals surface area contributed by atoms with Gasteiger partial charge in [0.15, 0.2) is 0 Å². The summed E-state index contributed by atoms with van der Waals surface area (Å²) in [5.74, 6) is 1.49. The maximum atomic E-state index is 6.31. The highest BCUT2D eigenvalue weighted by Crippen LogP contribution is 2.28. The maximum absolute atomic E-state index is 6.31. The van der Waals surface area contributed by atoms with E-state index in [-0.39, 0.29) is 0 Å². The van der Waals surface area contributed by atoms with Gasteiger partial charge in [-0.15, -0.1) is 11.6 Å². The molecule has 0 amide bonds. The Labute approximate surface area is 115 Å². The van der Waals surface area contributed by atoms with Crippen molar-refractivity contribution in [1.82, 2.24) is 9.97 Å². The fourth-order valence-corrected chi connectivity index (χ4v) is 2.92. The van der Waals surface area contributed by atoms with Crippen molar-refractivity contribution in [1.29, 1.82) is 0 Å². The molecule has 5 heteroatoms. The summed E-state index contributed by atoms with van der Waals surface area (Å²) in [5, 5.41) is 3.69. The first-order valence-electron chi connectivity index (χ1n) is 5.61. The van der Waals surface area contributed by atoms with E-state index < -0.39 is 0 Å². The molecule has 1 aromatic heterocycles. The third kappa shape index (κ3) is 3.20. The van der Waals surface area contributed by atoms with Crippen LogP contribution in [0.5, 0.6) is 0 Å². The quantitative estimate of drug-likeness (QED) is 0.671. The molecule has 1 N–H and O–H groups in total. The fourth-order valence-electron chi connectivity index (χ4n) is 2.06. The molecule has 1 aromatic rings. The Bertz CT molecular complexity index is 348. The number of rotatable bonds is 3. The van der Waals surface area contributed by atoms with E-state index in [0.29, 0.717) is 11.3 Å². The third-order valence-electron chi connectivity index (χ3n) is 3.02. The van der Waals surface area contributed by atoms with Crippen molar-refractivity contribution < 1.29 is 0 Å². The molecule has 0 bridgehead atoms. The highest BCUT2D eigenvalue weighted by atomic mass is 127. The normalized spacial score (nSPS) is 25.4. The minimum absolute atomic E-state index is 0.320. The standard InChI is InChI=1S/C11H15ClIN3/c12-9-4-2-1-3-8(9)5-15-11-10(13)6-14-7-16-11/h6-9H,1-5H2,(H,14,15,16). The zero-order valence-corrected chi connectivity index (χ0v) is 11.9. The smallest absolute Gasteiger partial charge is 0.142 e. The van der Waals surface area contributed by atoms with Crippen LogP contribution < -0.4 is 5.32 Å². The van der Waals surface area contributed by atoms with Crippen molar-refractivity contribution in [2.45, 2.75) is 31.1 Å². The van der Waals surface area contributed by atoms with E-state index in [4.69, 9.17) is 11.6 Å². The summed E-state index contributed by atoms with van der Waals surface area (Å²) in [6, 6.07) is 0. The maximum Gasteiger partial charge on any atom is 0.142 e. The average Bonchev–Trinajstić information content (AvgIpc) is 2.30.